The average Bonchev–Trinajstić information content (AvgIpc) is 3.20. The van der Waals surface area contributed by atoms with Crippen LogP contribution < -0.4 is 5.32 Å². The van der Waals surface area contributed by atoms with Gasteiger partial charge in [-0.05, 0) is 67.1 Å². The molecule has 3 aromatic rings. The van der Waals surface area contributed by atoms with Crippen LogP contribution in [0.25, 0.3) is 11.1 Å². The molecule has 0 atom stereocenters. The topological polar surface area (TPSA) is 79.4 Å². The smallest absolute Gasteiger partial charge is 0.243 e. The van der Waals surface area contributed by atoms with E-state index in [9.17, 15) is 13.2 Å². The SMILES string of the molecule is Cc1cccc(-c2ccc(C3CCN(S(=O)(=O)c4ccc5c(c4)NC(=O)C5)CC3)nc2)c1C. The fraction of sp³-hybridized carbons (Fsp3) is 0.308. The standard InChI is InChI=1S/C26H27N3O3S/c1-17-4-3-5-23(18(17)2)21-7-9-24(27-16-21)19-10-12-29(13-11-19)33(31,32)22-8-6-20-14-26(30)28-25(20)15-22/h3-9,15-16,19H,10-14H2,1-2H3,(H,28,30). The van der Waals surface area contributed by atoms with Gasteiger partial charge in [-0.1, -0.05) is 30.3 Å². The van der Waals surface area contributed by atoms with Crippen molar-refractivity contribution in [2.45, 2.75) is 43.9 Å². The van der Waals surface area contributed by atoms with E-state index in [-0.39, 0.29) is 16.7 Å². The van der Waals surface area contributed by atoms with Crippen LogP contribution in [0, 0.1) is 13.8 Å². The first-order chi connectivity index (χ1) is 15.8. The van der Waals surface area contributed by atoms with Crippen molar-refractivity contribution in [3.05, 3.63) is 77.1 Å². The average molecular weight is 462 g/mol. The Hall–Kier alpha value is -3.03. The summed E-state index contributed by atoms with van der Waals surface area (Å²) in [6.45, 7) is 5.15. The highest BCUT2D eigenvalue weighted by Crippen LogP contribution is 2.33. The number of nitrogens with one attached hydrogen (secondary N) is 1. The maximum absolute atomic E-state index is 13.2. The van der Waals surface area contributed by atoms with Crippen LogP contribution in [-0.4, -0.2) is 36.7 Å². The van der Waals surface area contributed by atoms with Crippen LogP contribution in [0.5, 0.6) is 0 Å². The van der Waals surface area contributed by atoms with Gasteiger partial charge in [-0.2, -0.15) is 4.31 Å². The molecular weight excluding hydrogens is 434 g/mol. The third-order valence-electron chi connectivity index (χ3n) is 6.92. The van der Waals surface area contributed by atoms with Gasteiger partial charge in [0.25, 0.3) is 0 Å². The van der Waals surface area contributed by atoms with Crippen molar-refractivity contribution in [1.29, 1.82) is 0 Å². The lowest BCUT2D eigenvalue weighted by Crippen LogP contribution is -2.38. The Bertz CT molecular complexity index is 1330. The molecule has 1 aromatic heterocycles. The number of rotatable bonds is 4. The minimum Gasteiger partial charge on any atom is -0.325 e. The number of sulfonamides is 1. The Balaban J connectivity index is 1.28. The van der Waals surface area contributed by atoms with Crippen LogP contribution in [0.3, 0.4) is 0 Å². The predicted molar refractivity (Wildman–Crippen MR) is 129 cm³/mol. The highest BCUT2D eigenvalue weighted by atomic mass is 32.2. The zero-order valence-electron chi connectivity index (χ0n) is 18.8. The fourth-order valence-electron chi connectivity index (χ4n) is 4.76. The molecule has 0 unspecified atom stereocenters. The second-order valence-corrected chi connectivity index (χ2v) is 10.9. The summed E-state index contributed by atoms with van der Waals surface area (Å²) in [4.78, 5) is 16.6. The van der Waals surface area contributed by atoms with Gasteiger partial charge in [-0.3, -0.25) is 9.78 Å². The number of aromatic nitrogens is 1. The van der Waals surface area contributed by atoms with Crippen molar-refractivity contribution in [3.63, 3.8) is 0 Å². The Morgan fingerprint density at radius 3 is 2.55 bits per heavy atom. The Kier molecular flexibility index (Phi) is 5.54. The second kappa shape index (κ2) is 8.39. The van der Waals surface area contributed by atoms with Crippen LogP contribution in [0.15, 0.2) is 59.6 Å². The van der Waals surface area contributed by atoms with Crippen molar-refractivity contribution in [3.8, 4) is 11.1 Å². The molecule has 3 heterocycles. The summed E-state index contributed by atoms with van der Waals surface area (Å²) < 4.78 is 27.9. The van der Waals surface area contributed by atoms with Gasteiger partial charge >= 0.3 is 0 Å². The van der Waals surface area contributed by atoms with Gasteiger partial charge in [0.1, 0.15) is 0 Å². The van der Waals surface area contributed by atoms with Crippen molar-refractivity contribution in [1.82, 2.24) is 9.29 Å². The number of amides is 1. The first-order valence-electron chi connectivity index (χ1n) is 11.3. The molecule has 7 heteroatoms. The maximum atomic E-state index is 13.2. The van der Waals surface area contributed by atoms with Gasteiger partial charge in [0.2, 0.25) is 15.9 Å². The number of carbonyl (C=O) groups excluding carboxylic acids is 1. The first-order valence-corrected chi connectivity index (χ1v) is 12.7. The molecule has 33 heavy (non-hydrogen) atoms. The molecule has 1 amide bonds. The van der Waals surface area contributed by atoms with Crippen molar-refractivity contribution >= 4 is 21.6 Å². The van der Waals surface area contributed by atoms with E-state index < -0.39 is 10.0 Å². The van der Waals surface area contributed by atoms with Crippen LogP contribution in [-0.2, 0) is 21.2 Å². The number of benzene rings is 2. The van der Waals surface area contributed by atoms with Gasteiger partial charge in [-0.15, -0.1) is 0 Å². The molecule has 0 bridgehead atoms. The summed E-state index contributed by atoms with van der Waals surface area (Å²) in [6, 6.07) is 15.4. The minimum absolute atomic E-state index is 0.101. The molecule has 0 radical (unpaired) electrons. The van der Waals surface area contributed by atoms with Crippen molar-refractivity contribution < 1.29 is 13.2 Å². The van der Waals surface area contributed by atoms with Gasteiger partial charge in [0, 0.05) is 42.1 Å². The van der Waals surface area contributed by atoms with E-state index in [1.54, 1.807) is 22.5 Å². The number of carbonyl (C=O) groups is 1. The Morgan fingerprint density at radius 1 is 1.03 bits per heavy atom. The molecule has 2 aliphatic rings. The van der Waals surface area contributed by atoms with Gasteiger partial charge in [0.05, 0.1) is 11.3 Å². The Morgan fingerprint density at radius 2 is 1.82 bits per heavy atom. The lowest BCUT2D eigenvalue weighted by Gasteiger charge is -2.31. The lowest BCUT2D eigenvalue weighted by atomic mass is 9.93. The Labute approximate surface area is 194 Å². The molecule has 1 saturated heterocycles. The number of anilines is 1. The molecule has 1 N–H and O–H groups in total. The predicted octanol–water partition coefficient (Wildman–Crippen LogP) is 4.43. The van der Waals surface area contributed by atoms with Gasteiger partial charge in [-0.25, -0.2) is 8.42 Å². The van der Waals surface area contributed by atoms with Gasteiger partial charge < -0.3 is 5.32 Å². The highest BCUT2D eigenvalue weighted by molar-refractivity contribution is 7.89. The summed E-state index contributed by atoms with van der Waals surface area (Å²) in [5.74, 6) is 0.139. The quantitative estimate of drug-likeness (QED) is 0.623. The molecule has 2 aliphatic heterocycles. The molecule has 6 nitrogen and oxygen atoms in total. The number of hydrogen-bond donors (Lipinski definition) is 1. The van der Waals surface area contributed by atoms with E-state index in [4.69, 9.17) is 4.98 Å². The number of aryl methyl sites for hydroxylation is 1. The molecule has 0 spiro atoms. The summed E-state index contributed by atoms with van der Waals surface area (Å²) in [5, 5.41) is 2.73. The van der Waals surface area contributed by atoms with Crippen molar-refractivity contribution in [2.75, 3.05) is 18.4 Å². The van der Waals surface area contributed by atoms with E-state index in [1.165, 1.54) is 16.7 Å². The molecule has 0 saturated carbocycles. The normalized spacial score (nSPS) is 17.1. The van der Waals surface area contributed by atoms with Crippen LogP contribution >= 0.6 is 0 Å². The summed E-state index contributed by atoms with van der Waals surface area (Å²) in [5.41, 5.74) is 7.27. The minimum atomic E-state index is -3.60. The van der Waals surface area contributed by atoms with E-state index in [2.05, 4.69) is 49.5 Å². The highest BCUT2D eigenvalue weighted by Gasteiger charge is 2.31. The molecule has 2 aromatic carbocycles. The number of pyridine rings is 1. The van der Waals surface area contributed by atoms with Crippen LogP contribution in [0.2, 0.25) is 0 Å². The molecule has 170 valence electrons. The lowest BCUT2D eigenvalue weighted by molar-refractivity contribution is -0.115. The second-order valence-electron chi connectivity index (χ2n) is 8.94. The zero-order valence-corrected chi connectivity index (χ0v) is 19.7. The van der Waals surface area contributed by atoms with Gasteiger partial charge in [0.15, 0.2) is 0 Å². The maximum Gasteiger partial charge on any atom is 0.243 e. The van der Waals surface area contributed by atoms with E-state index in [1.807, 2.05) is 6.20 Å². The molecule has 0 aliphatic carbocycles. The fourth-order valence-corrected chi connectivity index (χ4v) is 6.26. The first kappa shape index (κ1) is 21.8. The van der Waals surface area contributed by atoms with Crippen LogP contribution in [0.1, 0.15) is 41.1 Å². The third-order valence-corrected chi connectivity index (χ3v) is 8.81. The number of piperidine rings is 1. The van der Waals surface area contributed by atoms with Crippen LogP contribution in [0.4, 0.5) is 5.69 Å². The molecular formula is C26H27N3O3S. The third kappa shape index (κ3) is 4.07. The van der Waals surface area contributed by atoms with E-state index in [0.29, 0.717) is 25.2 Å². The number of nitrogens with zero attached hydrogens (tertiary/aromatic N) is 2. The van der Waals surface area contributed by atoms with Crippen molar-refractivity contribution in [2.24, 2.45) is 0 Å². The van der Waals surface area contributed by atoms with E-state index in [0.717, 1.165) is 29.7 Å². The molecule has 5 rings (SSSR count). The summed E-state index contributed by atoms with van der Waals surface area (Å²) in [6.07, 6.45) is 3.70. The summed E-state index contributed by atoms with van der Waals surface area (Å²) >= 11 is 0. The largest absolute Gasteiger partial charge is 0.325 e. The zero-order chi connectivity index (χ0) is 23.2. The number of fused-ring (bicyclic) bond motifs is 1. The summed E-state index contributed by atoms with van der Waals surface area (Å²) in [7, 11) is -3.60. The van der Waals surface area contributed by atoms with E-state index >= 15 is 0 Å². The molecule has 1 fully saturated rings. The monoisotopic (exact) mass is 461 g/mol. The number of hydrogen-bond acceptors (Lipinski definition) is 4.